The summed E-state index contributed by atoms with van der Waals surface area (Å²) in [5, 5.41) is 4.52. The van der Waals surface area contributed by atoms with Gasteiger partial charge >= 0.3 is 0 Å². The molecule has 0 fully saturated rings. The first-order valence-corrected chi connectivity index (χ1v) is 9.47. The highest BCUT2D eigenvalue weighted by Gasteiger charge is 2.31. The van der Waals surface area contributed by atoms with Crippen LogP contribution in [-0.2, 0) is 4.79 Å². The summed E-state index contributed by atoms with van der Waals surface area (Å²) in [6, 6.07) is 14.8. The number of hydrogen-bond donors (Lipinski definition) is 1. The van der Waals surface area contributed by atoms with E-state index in [0.29, 0.717) is 17.3 Å². The number of carbonyl (C=O) groups is 2. The second kappa shape index (κ2) is 8.36. The summed E-state index contributed by atoms with van der Waals surface area (Å²) in [5.74, 6) is 0.179. The second-order valence-electron chi connectivity index (χ2n) is 7.78. The normalized spacial score (nSPS) is 11.2. The van der Waals surface area contributed by atoms with Crippen molar-refractivity contribution in [1.29, 1.82) is 0 Å². The van der Waals surface area contributed by atoms with Gasteiger partial charge in [0.25, 0.3) is 5.91 Å². The predicted molar refractivity (Wildman–Crippen MR) is 113 cm³/mol. The first-order valence-electron chi connectivity index (χ1n) is 9.47. The number of amides is 2. The van der Waals surface area contributed by atoms with Crippen molar-refractivity contribution < 1.29 is 14.3 Å². The van der Waals surface area contributed by atoms with Crippen LogP contribution in [0.1, 0.15) is 31.3 Å². The summed E-state index contributed by atoms with van der Waals surface area (Å²) in [6.45, 7) is 5.33. The van der Waals surface area contributed by atoms with E-state index in [-0.39, 0.29) is 18.1 Å². The lowest BCUT2D eigenvalue weighted by Gasteiger charge is -2.34. The van der Waals surface area contributed by atoms with Crippen molar-refractivity contribution >= 4 is 11.8 Å². The molecule has 2 amide bonds. The van der Waals surface area contributed by atoms with Crippen molar-refractivity contribution in [1.82, 2.24) is 19.7 Å². The zero-order valence-electron chi connectivity index (χ0n) is 17.5. The van der Waals surface area contributed by atoms with Crippen LogP contribution in [-0.4, -0.2) is 50.7 Å². The molecule has 30 heavy (non-hydrogen) atoms. The van der Waals surface area contributed by atoms with Crippen LogP contribution >= 0.6 is 0 Å². The van der Waals surface area contributed by atoms with Crippen LogP contribution in [0.15, 0.2) is 54.7 Å². The van der Waals surface area contributed by atoms with Gasteiger partial charge in [-0.2, -0.15) is 5.10 Å². The molecule has 8 heteroatoms. The lowest BCUT2D eigenvalue weighted by molar-refractivity contribution is -0.119. The Kier molecular flexibility index (Phi) is 5.86. The van der Waals surface area contributed by atoms with E-state index < -0.39 is 11.4 Å². The summed E-state index contributed by atoms with van der Waals surface area (Å²) in [4.78, 5) is 30.6. The zero-order valence-corrected chi connectivity index (χ0v) is 17.5. The van der Waals surface area contributed by atoms with Crippen molar-refractivity contribution in [3.63, 3.8) is 0 Å². The molecule has 0 unspecified atom stereocenters. The maximum atomic E-state index is 13.3. The molecule has 2 N–H and O–H groups in total. The Labute approximate surface area is 175 Å². The molecule has 1 aromatic carbocycles. The number of nitrogens with two attached hydrogens (primary N) is 1. The lowest BCUT2D eigenvalue weighted by Crippen LogP contribution is -2.49. The van der Waals surface area contributed by atoms with Gasteiger partial charge in [0.1, 0.15) is 12.3 Å². The third-order valence-electron chi connectivity index (χ3n) is 4.54. The molecule has 0 saturated heterocycles. The number of aromatic nitrogens is 3. The molecule has 2 heterocycles. The van der Waals surface area contributed by atoms with Crippen molar-refractivity contribution in [3.05, 3.63) is 60.4 Å². The van der Waals surface area contributed by atoms with E-state index in [1.807, 2.05) is 51.1 Å². The van der Waals surface area contributed by atoms with Gasteiger partial charge in [0, 0.05) is 11.1 Å². The minimum Gasteiger partial charge on any atom is -0.495 e. The average molecular weight is 407 g/mol. The predicted octanol–water partition coefficient (Wildman–Crippen LogP) is 2.67. The number of hydrogen-bond acceptors (Lipinski definition) is 5. The van der Waals surface area contributed by atoms with E-state index in [1.54, 1.807) is 36.2 Å². The number of rotatable bonds is 6. The molecule has 0 radical (unpaired) electrons. The number of ether oxygens (including phenoxy) is 1. The van der Waals surface area contributed by atoms with Crippen LogP contribution in [0.5, 0.6) is 5.75 Å². The Morgan fingerprint density at radius 2 is 1.83 bits per heavy atom. The highest BCUT2D eigenvalue weighted by Crippen LogP contribution is 2.26. The summed E-state index contributed by atoms with van der Waals surface area (Å²) in [6.07, 6.45) is 1.59. The maximum absolute atomic E-state index is 13.3. The minimum absolute atomic E-state index is 0.197. The first-order chi connectivity index (χ1) is 14.2. The third-order valence-corrected chi connectivity index (χ3v) is 4.54. The van der Waals surface area contributed by atoms with Gasteiger partial charge in [0.15, 0.2) is 11.5 Å². The van der Waals surface area contributed by atoms with Crippen molar-refractivity contribution in [2.24, 2.45) is 5.73 Å². The molecule has 0 spiro atoms. The summed E-state index contributed by atoms with van der Waals surface area (Å²) >= 11 is 0. The first kappa shape index (κ1) is 21.0. The molecule has 0 atom stereocenters. The largest absolute Gasteiger partial charge is 0.495 e. The highest BCUT2D eigenvalue weighted by atomic mass is 16.5. The Morgan fingerprint density at radius 3 is 2.37 bits per heavy atom. The molecule has 0 aliphatic heterocycles. The van der Waals surface area contributed by atoms with E-state index in [0.717, 1.165) is 5.56 Å². The van der Waals surface area contributed by atoms with Gasteiger partial charge < -0.3 is 15.4 Å². The van der Waals surface area contributed by atoms with E-state index in [9.17, 15) is 9.59 Å². The fourth-order valence-corrected chi connectivity index (χ4v) is 3.00. The molecule has 8 nitrogen and oxygen atoms in total. The third kappa shape index (κ3) is 4.48. The van der Waals surface area contributed by atoms with Gasteiger partial charge in [-0.15, -0.1) is 0 Å². The van der Waals surface area contributed by atoms with Crippen LogP contribution in [0.4, 0.5) is 0 Å². The van der Waals surface area contributed by atoms with Crippen molar-refractivity contribution in [2.75, 3.05) is 13.7 Å². The highest BCUT2D eigenvalue weighted by molar-refractivity contribution is 5.96. The molecule has 156 valence electrons. The number of primary amides is 1. The molecule has 0 saturated carbocycles. The minimum atomic E-state index is -0.610. The van der Waals surface area contributed by atoms with Gasteiger partial charge in [-0.3, -0.25) is 9.59 Å². The van der Waals surface area contributed by atoms with Gasteiger partial charge in [0.05, 0.1) is 19.0 Å². The van der Waals surface area contributed by atoms with E-state index in [2.05, 4.69) is 10.1 Å². The number of pyridine rings is 1. The van der Waals surface area contributed by atoms with Crippen molar-refractivity contribution in [2.45, 2.75) is 26.3 Å². The lowest BCUT2D eigenvalue weighted by atomic mass is 10.0. The fourth-order valence-electron chi connectivity index (χ4n) is 3.00. The molecule has 0 bridgehead atoms. The van der Waals surface area contributed by atoms with Crippen LogP contribution in [0.3, 0.4) is 0 Å². The molecule has 2 aromatic heterocycles. The molecule has 3 rings (SSSR count). The Hall–Kier alpha value is -3.68. The maximum Gasteiger partial charge on any atom is 0.275 e. The molecular weight excluding hydrogens is 382 g/mol. The van der Waals surface area contributed by atoms with Gasteiger partial charge in [-0.05, 0) is 39.0 Å². The fraction of sp³-hybridized carbons (Fsp3) is 0.273. The topological polar surface area (TPSA) is 103 Å². The Bertz CT molecular complexity index is 1040. The summed E-state index contributed by atoms with van der Waals surface area (Å²) in [7, 11) is 1.57. The SMILES string of the molecule is COc1ccc(-n2nc(C(=O)N(CC(N)=O)C(C)(C)C)cc2-c2ccccc2)nc1. The van der Waals surface area contributed by atoms with Crippen LogP contribution < -0.4 is 10.5 Å². The number of carbonyl (C=O) groups excluding carboxylic acids is 2. The van der Waals surface area contributed by atoms with Crippen LogP contribution in [0.25, 0.3) is 17.1 Å². The average Bonchev–Trinajstić information content (AvgIpc) is 3.17. The summed E-state index contributed by atoms with van der Waals surface area (Å²) < 4.78 is 6.78. The van der Waals surface area contributed by atoms with Crippen LogP contribution in [0.2, 0.25) is 0 Å². The summed E-state index contributed by atoms with van der Waals surface area (Å²) in [5.41, 5.74) is 6.53. The van der Waals surface area contributed by atoms with Crippen molar-refractivity contribution in [3.8, 4) is 22.8 Å². The molecule has 0 aliphatic carbocycles. The van der Waals surface area contributed by atoms with E-state index in [4.69, 9.17) is 10.5 Å². The number of nitrogens with zero attached hydrogens (tertiary/aromatic N) is 4. The standard InChI is InChI=1S/C22H25N5O3/c1-22(2,3)26(14-19(23)28)21(29)17-12-18(15-8-6-5-7-9-15)27(25-17)20-11-10-16(30-4)13-24-20/h5-13H,14H2,1-4H3,(H2,23,28). The molecule has 3 aromatic rings. The monoisotopic (exact) mass is 407 g/mol. The Morgan fingerprint density at radius 1 is 1.13 bits per heavy atom. The molecule has 0 aliphatic rings. The molecular formula is C22H25N5O3. The zero-order chi connectivity index (χ0) is 21.9. The van der Waals surface area contributed by atoms with E-state index in [1.165, 1.54) is 4.90 Å². The quantitative estimate of drug-likeness (QED) is 0.677. The van der Waals surface area contributed by atoms with Gasteiger partial charge in [-0.25, -0.2) is 9.67 Å². The van der Waals surface area contributed by atoms with E-state index >= 15 is 0 Å². The smallest absolute Gasteiger partial charge is 0.275 e. The number of benzene rings is 1. The van der Waals surface area contributed by atoms with Crippen LogP contribution in [0, 0.1) is 0 Å². The number of methoxy groups -OCH3 is 1. The van der Waals surface area contributed by atoms with Gasteiger partial charge in [-0.1, -0.05) is 30.3 Å². The second-order valence-corrected chi connectivity index (χ2v) is 7.78. The Balaban J connectivity index is 2.11. The van der Waals surface area contributed by atoms with Gasteiger partial charge in [0.2, 0.25) is 5.91 Å².